The molecule has 0 atom stereocenters. The normalized spacial score (nSPS) is 15.4. The molecule has 1 aromatic carbocycles. The third-order valence-electron chi connectivity index (χ3n) is 3.31. The molecule has 22 heavy (non-hydrogen) atoms. The summed E-state index contributed by atoms with van der Waals surface area (Å²) < 4.78 is 6.77. The molecule has 9 heteroatoms. The first-order valence-corrected chi connectivity index (χ1v) is 6.74. The van der Waals surface area contributed by atoms with E-state index in [0.717, 1.165) is 18.8 Å². The Balaban J connectivity index is 1.95. The second-order valence-electron chi connectivity index (χ2n) is 4.69. The fraction of sp³-hybridized carbons (Fsp3) is 0.308. The molecule has 2 aromatic rings. The van der Waals surface area contributed by atoms with Crippen molar-refractivity contribution in [1.82, 2.24) is 14.9 Å². The summed E-state index contributed by atoms with van der Waals surface area (Å²) in [5, 5.41) is 22.5. The van der Waals surface area contributed by atoms with Gasteiger partial charge in [0.05, 0.1) is 24.4 Å². The van der Waals surface area contributed by atoms with Crippen molar-refractivity contribution >= 4 is 17.6 Å². The first-order chi connectivity index (χ1) is 10.7. The Kier molecular flexibility index (Phi) is 4.05. The minimum Gasteiger partial charge on any atom is -0.378 e. The van der Waals surface area contributed by atoms with Crippen LogP contribution in [0.3, 0.4) is 0 Å². The van der Waals surface area contributed by atoms with Gasteiger partial charge in [-0.1, -0.05) is 0 Å². The van der Waals surface area contributed by atoms with Gasteiger partial charge in [-0.25, -0.2) is 4.68 Å². The van der Waals surface area contributed by atoms with Crippen LogP contribution in [0.1, 0.15) is 5.56 Å². The van der Waals surface area contributed by atoms with Crippen LogP contribution in [0.15, 0.2) is 36.0 Å². The lowest BCUT2D eigenvalue weighted by molar-refractivity contribution is -0.384. The van der Waals surface area contributed by atoms with Gasteiger partial charge in [-0.15, -0.1) is 10.2 Å². The van der Waals surface area contributed by atoms with Crippen LogP contribution in [0.2, 0.25) is 0 Å². The fourth-order valence-corrected chi connectivity index (χ4v) is 2.23. The van der Waals surface area contributed by atoms with Crippen LogP contribution >= 0.6 is 0 Å². The van der Waals surface area contributed by atoms with E-state index in [9.17, 15) is 10.1 Å². The molecule has 0 unspecified atom stereocenters. The van der Waals surface area contributed by atoms with E-state index in [1.165, 1.54) is 29.5 Å². The number of aromatic nitrogens is 3. The van der Waals surface area contributed by atoms with E-state index in [1.54, 1.807) is 12.3 Å². The van der Waals surface area contributed by atoms with E-state index in [1.807, 2.05) is 0 Å². The molecular formula is C13H14N6O3. The van der Waals surface area contributed by atoms with Crippen molar-refractivity contribution in [3.63, 3.8) is 0 Å². The SMILES string of the molecule is O=[N+]([O-])c1ccc(N2CCOCC2)c(/C=N\n2cnnc2)c1. The quantitative estimate of drug-likeness (QED) is 0.473. The van der Waals surface area contributed by atoms with Gasteiger partial charge < -0.3 is 9.64 Å². The summed E-state index contributed by atoms with van der Waals surface area (Å²) in [7, 11) is 0. The molecule has 3 rings (SSSR count). The number of non-ortho nitro benzene ring substituents is 1. The first-order valence-electron chi connectivity index (χ1n) is 6.74. The minimum atomic E-state index is -0.417. The van der Waals surface area contributed by atoms with Gasteiger partial charge in [0.25, 0.3) is 5.69 Å². The van der Waals surface area contributed by atoms with Crippen LogP contribution in [-0.2, 0) is 4.74 Å². The molecule has 1 fully saturated rings. The largest absolute Gasteiger partial charge is 0.378 e. The van der Waals surface area contributed by atoms with Crippen molar-refractivity contribution in [1.29, 1.82) is 0 Å². The molecule has 0 radical (unpaired) electrons. The van der Waals surface area contributed by atoms with Crippen molar-refractivity contribution in [2.24, 2.45) is 5.10 Å². The molecule has 0 amide bonds. The molecule has 1 saturated heterocycles. The molecule has 114 valence electrons. The number of hydrogen-bond donors (Lipinski definition) is 0. The summed E-state index contributed by atoms with van der Waals surface area (Å²) in [6, 6.07) is 4.76. The molecule has 1 aliphatic rings. The van der Waals surface area contributed by atoms with Crippen LogP contribution < -0.4 is 4.90 Å². The monoisotopic (exact) mass is 302 g/mol. The van der Waals surface area contributed by atoms with Gasteiger partial charge in [0, 0.05) is 36.5 Å². The molecule has 2 heterocycles. The lowest BCUT2D eigenvalue weighted by Crippen LogP contribution is -2.36. The van der Waals surface area contributed by atoms with Gasteiger partial charge in [-0.3, -0.25) is 10.1 Å². The average molecular weight is 302 g/mol. The second-order valence-corrected chi connectivity index (χ2v) is 4.69. The smallest absolute Gasteiger partial charge is 0.270 e. The van der Waals surface area contributed by atoms with Crippen LogP contribution in [0.25, 0.3) is 0 Å². The molecule has 0 saturated carbocycles. The first kappa shape index (κ1) is 14.1. The van der Waals surface area contributed by atoms with Crippen molar-refractivity contribution < 1.29 is 9.66 Å². The number of anilines is 1. The molecule has 0 spiro atoms. The summed E-state index contributed by atoms with van der Waals surface area (Å²) >= 11 is 0. The molecule has 0 bridgehead atoms. The van der Waals surface area contributed by atoms with Gasteiger partial charge in [-0.2, -0.15) is 5.10 Å². The van der Waals surface area contributed by atoms with Crippen LogP contribution in [0, 0.1) is 10.1 Å². The van der Waals surface area contributed by atoms with Gasteiger partial charge in [0.1, 0.15) is 12.7 Å². The number of nitro groups is 1. The number of rotatable bonds is 4. The van der Waals surface area contributed by atoms with Crippen LogP contribution in [-0.4, -0.2) is 52.3 Å². The van der Waals surface area contributed by atoms with Gasteiger partial charge >= 0.3 is 0 Å². The third-order valence-corrected chi connectivity index (χ3v) is 3.31. The third kappa shape index (κ3) is 3.09. The zero-order chi connectivity index (χ0) is 15.4. The number of hydrogen-bond acceptors (Lipinski definition) is 7. The lowest BCUT2D eigenvalue weighted by Gasteiger charge is -2.29. The minimum absolute atomic E-state index is 0.0298. The van der Waals surface area contributed by atoms with E-state index in [-0.39, 0.29) is 5.69 Å². The Labute approximate surface area is 126 Å². The maximum Gasteiger partial charge on any atom is 0.270 e. The van der Waals surface area contributed by atoms with E-state index >= 15 is 0 Å². The Morgan fingerprint density at radius 3 is 2.68 bits per heavy atom. The average Bonchev–Trinajstić information content (AvgIpc) is 3.07. The van der Waals surface area contributed by atoms with E-state index in [4.69, 9.17) is 4.74 Å². The molecule has 9 nitrogen and oxygen atoms in total. The van der Waals surface area contributed by atoms with Crippen LogP contribution in [0.4, 0.5) is 11.4 Å². The van der Waals surface area contributed by atoms with E-state index in [0.29, 0.717) is 18.8 Å². The second kappa shape index (κ2) is 6.31. The zero-order valence-corrected chi connectivity index (χ0v) is 11.7. The predicted octanol–water partition coefficient (Wildman–Crippen LogP) is 0.905. The van der Waals surface area contributed by atoms with Gasteiger partial charge in [0.2, 0.25) is 0 Å². The Morgan fingerprint density at radius 1 is 1.27 bits per heavy atom. The number of nitrogens with zero attached hydrogens (tertiary/aromatic N) is 6. The van der Waals surface area contributed by atoms with Crippen molar-refractivity contribution in [3.8, 4) is 0 Å². The summed E-state index contributed by atoms with van der Waals surface area (Å²) in [5.41, 5.74) is 1.60. The Morgan fingerprint density at radius 2 is 2.00 bits per heavy atom. The molecule has 0 N–H and O–H groups in total. The standard InChI is InChI=1S/C13H14N6O3/c20-19(21)12-1-2-13(17-3-5-22-6-4-17)11(7-12)8-16-18-9-14-15-10-18/h1-2,7-10H,3-6H2/b16-8-. The predicted molar refractivity (Wildman–Crippen MR) is 79.1 cm³/mol. The van der Waals surface area contributed by atoms with Crippen molar-refractivity contribution in [2.45, 2.75) is 0 Å². The van der Waals surface area contributed by atoms with E-state index in [2.05, 4.69) is 20.2 Å². The maximum absolute atomic E-state index is 11.0. The molecule has 1 aliphatic heterocycles. The fourth-order valence-electron chi connectivity index (χ4n) is 2.23. The van der Waals surface area contributed by atoms with E-state index < -0.39 is 4.92 Å². The molecular weight excluding hydrogens is 288 g/mol. The van der Waals surface area contributed by atoms with Gasteiger partial charge in [-0.05, 0) is 6.07 Å². The highest BCUT2D eigenvalue weighted by atomic mass is 16.6. The summed E-state index contributed by atoms with van der Waals surface area (Å²) in [5.74, 6) is 0. The number of nitro benzene ring substituents is 1. The molecule has 0 aliphatic carbocycles. The number of ether oxygens (including phenoxy) is 1. The summed E-state index contributed by atoms with van der Waals surface area (Å²) in [6.07, 6.45) is 4.46. The highest BCUT2D eigenvalue weighted by Crippen LogP contribution is 2.25. The Hall–Kier alpha value is -2.81. The topological polar surface area (TPSA) is 98.7 Å². The van der Waals surface area contributed by atoms with Crippen LogP contribution in [0.5, 0.6) is 0 Å². The summed E-state index contributed by atoms with van der Waals surface area (Å²) in [4.78, 5) is 12.7. The lowest BCUT2D eigenvalue weighted by atomic mass is 10.1. The maximum atomic E-state index is 11.0. The zero-order valence-electron chi connectivity index (χ0n) is 11.7. The number of morpholine rings is 1. The van der Waals surface area contributed by atoms with Crippen molar-refractivity contribution in [3.05, 3.63) is 46.5 Å². The van der Waals surface area contributed by atoms with Gasteiger partial charge in [0.15, 0.2) is 0 Å². The number of benzene rings is 1. The molecule has 1 aromatic heterocycles. The summed E-state index contributed by atoms with van der Waals surface area (Å²) in [6.45, 7) is 2.76. The Bertz CT molecular complexity index is 679. The highest BCUT2D eigenvalue weighted by Gasteiger charge is 2.17. The highest BCUT2D eigenvalue weighted by molar-refractivity contribution is 5.89. The van der Waals surface area contributed by atoms with Crippen molar-refractivity contribution in [2.75, 3.05) is 31.2 Å².